The summed E-state index contributed by atoms with van der Waals surface area (Å²) in [7, 11) is 1.84. The smallest absolute Gasteiger partial charge is 0.122 e. The van der Waals surface area contributed by atoms with E-state index in [1.165, 1.54) is 9.75 Å². The normalized spacial score (nSPS) is 13.1. The third kappa shape index (κ3) is 1.82. The second kappa shape index (κ2) is 3.79. The van der Waals surface area contributed by atoms with Gasteiger partial charge in [0.25, 0.3) is 0 Å². The number of aromatic nitrogens is 2. The number of rotatable bonds is 2. The van der Waals surface area contributed by atoms with Crippen LogP contribution in [-0.2, 0) is 7.05 Å². The summed E-state index contributed by atoms with van der Waals surface area (Å²) in [6.45, 7) is 4.09. The Balaban J connectivity index is 2.40. The van der Waals surface area contributed by atoms with E-state index in [-0.39, 0.29) is 0 Å². The van der Waals surface area contributed by atoms with Crippen molar-refractivity contribution in [2.24, 2.45) is 7.05 Å². The number of hydrogen-bond acceptors (Lipinski definition) is 3. The van der Waals surface area contributed by atoms with Gasteiger partial charge in [-0.2, -0.15) is 5.10 Å². The average Bonchev–Trinajstić information content (AvgIpc) is 2.71. The molecule has 1 atom stereocenters. The van der Waals surface area contributed by atoms with Gasteiger partial charge in [0, 0.05) is 28.6 Å². The van der Waals surface area contributed by atoms with Crippen molar-refractivity contribution in [3.05, 3.63) is 39.3 Å². The summed E-state index contributed by atoms with van der Waals surface area (Å²) in [5.74, 6) is 0. The highest BCUT2D eigenvalue weighted by Gasteiger charge is 2.17. The number of aliphatic hydroxyl groups is 1. The lowest BCUT2D eigenvalue weighted by Crippen LogP contribution is -2.06. The fourth-order valence-corrected chi connectivity index (χ4v) is 2.69. The zero-order chi connectivity index (χ0) is 11.0. The number of aliphatic hydroxyl groups excluding tert-OH is 1. The molecule has 0 radical (unpaired) electrons. The van der Waals surface area contributed by atoms with Crippen LogP contribution in [0.3, 0.4) is 0 Å². The van der Waals surface area contributed by atoms with Crippen molar-refractivity contribution in [3.8, 4) is 0 Å². The Kier molecular flexibility index (Phi) is 2.63. The molecule has 2 rings (SSSR count). The Hall–Kier alpha value is -1.13. The topological polar surface area (TPSA) is 38.1 Å². The van der Waals surface area contributed by atoms with E-state index < -0.39 is 6.10 Å². The zero-order valence-electron chi connectivity index (χ0n) is 9.06. The van der Waals surface area contributed by atoms with E-state index in [0.29, 0.717) is 0 Å². The van der Waals surface area contributed by atoms with Gasteiger partial charge in [0.15, 0.2) is 0 Å². The molecule has 2 aromatic heterocycles. The van der Waals surface area contributed by atoms with Crippen LogP contribution in [0, 0.1) is 13.8 Å². The maximum Gasteiger partial charge on any atom is 0.122 e. The number of thiophene rings is 1. The summed E-state index contributed by atoms with van der Waals surface area (Å²) in [5, 5.41) is 14.3. The monoisotopic (exact) mass is 222 g/mol. The molecule has 3 nitrogen and oxygen atoms in total. The lowest BCUT2D eigenvalue weighted by molar-refractivity contribution is 0.209. The zero-order valence-corrected chi connectivity index (χ0v) is 9.88. The Morgan fingerprint density at radius 1 is 1.47 bits per heavy atom. The van der Waals surface area contributed by atoms with Crippen LogP contribution in [0.15, 0.2) is 18.3 Å². The molecule has 0 amide bonds. The highest BCUT2D eigenvalue weighted by molar-refractivity contribution is 7.12. The first-order valence-corrected chi connectivity index (χ1v) is 5.64. The minimum atomic E-state index is -0.567. The maximum absolute atomic E-state index is 10.2. The third-order valence-corrected chi connectivity index (χ3v) is 3.49. The number of aryl methyl sites for hydroxylation is 3. The molecule has 0 bridgehead atoms. The predicted octanol–water partition coefficient (Wildman–Crippen LogP) is 2.18. The van der Waals surface area contributed by atoms with E-state index >= 15 is 0 Å². The Bertz CT molecular complexity index is 473. The second-order valence-corrected chi connectivity index (χ2v) is 5.11. The summed E-state index contributed by atoms with van der Waals surface area (Å²) >= 11 is 1.71. The lowest BCUT2D eigenvalue weighted by Gasteiger charge is -2.10. The van der Waals surface area contributed by atoms with E-state index in [0.717, 1.165) is 11.3 Å². The van der Waals surface area contributed by atoms with Crippen LogP contribution in [0.2, 0.25) is 0 Å². The van der Waals surface area contributed by atoms with Gasteiger partial charge in [-0.15, -0.1) is 11.3 Å². The highest BCUT2D eigenvalue weighted by Crippen LogP contribution is 2.29. The Morgan fingerprint density at radius 3 is 2.67 bits per heavy atom. The van der Waals surface area contributed by atoms with Crippen molar-refractivity contribution >= 4 is 11.3 Å². The van der Waals surface area contributed by atoms with Crippen molar-refractivity contribution in [1.29, 1.82) is 0 Å². The predicted molar refractivity (Wildman–Crippen MR) is 61.1 cm³/mol. The SMILES string of the molecule is Cc1cc(C(O)c2ccnn2C)c(C)s1. The first-order chi connectivity index (χ1) is 7.09. The molecule has 0 aliphatic rings. The lowest BCUT2D eigenvalue weighted by atomic mass is 10.1. The van der Waals surface area contributed by atoms with Crippen molar-refractivity contribution in [1.82, 2.24) is 9.78 Å². The van der Waals surface area contributed by atoms with E-state index in [9.17, 15) is 5.11 Å². The second-order valence-electron chi connectivity index (χ2n) is 3.65. The minimum Gasteiger partial charge on any atom is -0.382 e. The van der Waals surface area contributed by atoms with Gasteiger partial charge in [0.05, 0.1) is 5.69 Å². The van der Waals surface area contributed by atoms with Gasteiger partial charge >= 0.3 is 0 Å². The number of nitrogens with zero attached hydrogens (tertiary/aromatic N) is 2. The molecule has 1 unspecified atom stereocenters. The molecule has 2 heterocycles. The quantitative estimate of drug-likeness (QED) is 0.845. The summed E-state index contributed by atoms with van der Waals surface area (Å²) in [6, 6.07) is 3.88. The summed E-state index contributed by atoms with van der Waals surface area (Å²) in [6.07, 6.45) is 1.13. The molecule has 15 heavy (non-hydrogen) atoms. The van der Waals surface area contributed by atoms with E-state index in [1.807, 2.05) is 26.1 Å². The minimum absolute atomic E-state index is 0.567. The van der Waals surface area contributed by atoms with Gasteiger partial charge < -0.3 is 5.11 Å². The van der Waals surface area contributed by atoms with Crippen molar-refractivity contribution in [2.75, 3.05) is 0 Å². The molecule has 0 fully saturated rings. The van der Waals surface area contributed by atoms with Gasteiger partial charge in [-0.1, -0.05) is 0 Å². The van der Waals surface area contributed by atoms with Gasteiger partial charge in [-0.3, -0.25) is 4.68 Å². The first-order valence-electron chi connectivity index (χ1n) is 4.82. The molecule has 0 aromatic carbocycles. The van der Waals surface area contributed by atoms with Crippen LogP contribution < -0.4 is 0 Å². The fraction of sp³-hybridized carbons (Fsp3) is 0.364. The molecule has 2 aromatic rings. The largest absolute Gasteiger partial charge is 0.382 e. The molecule has 0 saturated carbocycles. The molecule has 1 N–H and O–H groups in total. The van der Waals surface area contributed by atoms with E-state index in [2.05, 4.69) is 12.0 Å². The van der Waals surface area contributed by atoms with Crippen LogP contribution in [0.4, 0.5) is 0 Å². The molecule has 0 aliphatic carbocycles. The van der Waals surface area contributed by atoms with Gasteiger partial charge in [-0.25, -0.2) is 0 Å². The first kappa shape index (κ1) is 10.4. The Labute approximate surface area is 93.0 Å². The fourth-order valence-electron chi connectivity index (χ4n) is 1.73. The summed E-state index contributed by atoms with van der Waals surface area (Å²) in [5.41, 5.74) is 1.82. The van der Waals surface area contributed by atoms with Gasteiger partial charge in [0.2, 0.25) is 0 Å². The van der Waals surface area contributed by atoms with Crippen LogP contribution in [0.5, 0.6) is 0 Å². The summed E-state index contributed by atoms with van der Waals surface area (Å²) in [4.78, 5) is 2.39. The van der Waals surface area contributed by atoms with Crippen LogP contribution in [0.25, 0.3) is 0 Å². The molecular formula is C11H14N2OS. The third-order valence-electron chi connectivity index (χ3n) is 2.51. The van der Waals surface area contributed by atoms with Gasteiger partial charge in [-0.05, 0) is 26.0 Å². The molecule has 80 valence electrons. The van der Waals surface area contributed by atoms with Crippen molar-refractivity contribution in [3.63, 3.8) is 0 Å². The van der Waals surface area contributed by atoms with Crippen LogP contribution in [-0.4, -0.2) is 14.9 Å². The standard InChI is InChI=1S/C11H14N2OS/c1-7-6-9(8(2)15-7)11(14)10-4-5-12-13(10)3/h4-6,11,14H,1-3H3. The molecular weight excluding hydrogens is 208 g/mol. The van der Waals surface area contributed by atoms with Gasteiger partial charge in [0.1, 0.15) is 6.10 Å². The Morgan fingerprint density at radius 2 is 2.20 bits per heavy atom. The molecule has 0 spiro atoms. The maximum atomic E-state index is 10.2. The van der Waals surface area contributed by atoms with Crippen LogP contribution >= 0.6 is 11.3 Å². The van der Waals surface area contributed by atoms with E-state index in [4.69, 9.17) is 0 Å². The van der Waals surface area contributed by atoms with Crippen molar-refractivity contribution < 1.29 is 5.11 Å². The average molecular weight is 222 g/mol. The highest BCUT2D eigenvalue weighted by atomic mass is 32.1. The molecule has 0 aliphatic heterocycles. The van der Waals surface area contributed by atoms with Crippen molar-refractivity contribution in [2.45, 2.75) is 20.0 Å². The molecule has 0 saturated heterocycles. The number of hydrogen-bond donors (Lipinski definition) is 1. The van der Waals surface area contributed by atoms with Crippen LogP contribution in [0.1, 0.15) is 27.1 Å². The molecule has 4 heteroatoms. The summed E-state index contributed by atoms with van der Waals surface area (Å²) < 4.78 is 1.71. The van der Waals surface area contributed by atoms with E-state index in [1.54, 1.807) is 22.2 Å².